The van der Waals surface area contributed by atoms with Gasteiger partial charge in [-0.25, -0.2) is 0 Å². The van der Waals surface area contributed by atoms with Crippen molar-refractivity contribution in [3.63, 3.8) is 0 Å². The summed E-state index contributed by atoms with van der Waals surface area (Å²) in [4.78, 5) is 0. The van der Waals surface area contributed by atoms with Crippen LogP contribution in [-0.4, -0.2) is 26.3 Å². The van der Waals surface area contributed by atoms with Crippen LogP contribution in [0.5, 0.6) is 0 Å². The fourth-order valence-corrected chi connectivity index (χ4v) is 1.19. The van der Waals surface area contributed by atoms with E-state index in [0.29, 0.717) is 6.10 Å². The summed E-state index contributed by atoms with van der Waals surface area (Å²) in [5.41, 5.74) is 0. The zero-order valence-corrected chi connectivity index (χ0v) is 7.44. The second kappa shape index (κ2) is 5.56. The van der Waals surface area contributed by atoms with Gasteiger partial charge in [-0.1, -0.05) is 0 Å². The minimum Gasteiger partial charge on any atom is -0.378 e. The molecule has 0 radical (unpaired) electrons. The van der Waals surface area contributed by atoms with E-state index in [1.165, 1.54) is 32.1 Å². The van der Waals surface area contributed by atoms with Crippen LogP contribution in [0, 0.1) is 0 Å². The van der Waals surface area contributed by atoms with E-state index in [2.05, 4.69) is 5.32 Å². The van der Waals surface area contributed by atoms with E-state index in [9.17, 15) is 0 Å². The molecular formula is C9H19NO. The third-order valence-electron chi connectivity index (χ3n) is 2.23. The molecule has 1 fully saturated rings. The molecule has 0 aromatic heterocycles. The van der Waals surface area contributed by atoms with Gasteiger partial charge in [-0.15, -0.1) is 0 Å². The standard InChI is InChI=1S/C9H19NO/c1-10-7-2-3-8-11-9-5-4-6-9/h9-10H,2-8H2,1H3. The first-order chi connectivity index (χ1) is 5.43. The predicted molar refractivity (Wildman–Crippen MR) is 46.8 cm³/mol. The smallest absolute Gasteiger partial charge is 0.0575 e. The molecule has 1 aliphatic carbocycles. The van der Waals surface area contributed by atoms with Crippen LogP contribution in [0.1, 0.15) is 32.1 Å². The Morgan fingerprint density at radius 1 is 1.36 bits per heavy atom. The first-order valence-corrected chi connectivity index (χ1v) is 4.69. The molecule has 1 aliphatic rings. The minimum atomic E-state index is 0.615. The molecule has 11 heavy (non-hydrogen) atoms. The Kier molecular flexibility index (Phi) is 4.55. The van der Waals surface area contributed by atoms with Crippen molar-refractivity contribution in [2.24, 2.45) is 0 Å². The van der Waals surface area contributed by atoms with E-state index >= 15 is 0 Å². The van der Waals surface area contributed by atoms with Crippen molar-refractivity contribution in [2.45, 2.75) is 38.2 Å². The zero-order chi connectivity index (χ0) is 7.94. The Morgan fingerprint density at radius 2 is 2.18 bits per heavy atom. The maximum absolute atomic E-state index is 5.60. The summed E-state index contributed by atoms with van der Waals surface area (Å²) in [5.74, 6) is 0. The molecule has 2 nitrogen and oxygen atoms in total. The lowest BCUT2D eigenvalue weighted by atomic mass is 9.96. The maximum Gasteiger partial charge on any atom is 0.0575 e. The Morgan fingerprint density at radius 3 is 2.73 bits per heavy atom. The van der Waals surface area contributed by atoms with E-state index in [1.807, 2.05) is 7.05 Å². The van der Waals surface area contributed by atoms with Crippen LogP contribution in [0.2, 0.25) is 0 Å². The molecule has 0 bridgehead atoms. The number of nitrogens with one attached hydrogen (secondary N) is 1. The zero-order valence-electron chi connectivity index (χ0n) is 7.44. The molecule has 2 heteroatoms. The van der Waals surface area contributed by atoms with Gasteiger partial charge in [0, 0.05) is 6.61 Å². The van der Waals surface area contributed by atoms with Crippen molar-refractivity contribution < 1.29 is 4.74 Å². The molecule has 0 heterocycles. The normalized spacial score (nSPS) is 18.3. The van der Waals surface area contributed by atoms with Gasteiger partial charge in [-0.3, -0.25) is 0 Å². The predicted octanol–water partition coefficient (Wildman–Crippen LogP) is 1.56. The molecule has 66 valence electrons. The van der Waals surface area contributed by atoms with Gasteiger partial charge in [0.2, 0.25) is 0 Å². The number of rotatable bonds is 6. The second-order valence-corrected chi connectivity index (χ2v) is 3.23. The molecule has 0 aromatic rings. The monoisotopic (exact) mass is 157 g/mol. The fourth-order valence-electron chi connectivity index (χ4n) is 1.19. The Bertz CT molecular complexity index is 91.6. The van der Waals surface area contributed by atoms with Gasteiger partial charge in [0.25, 0.3) is 0 Å². The highest BCUT2D eigenvalue weighted by Gasteiger charge is 2.16. The van der Waals surface area contributed by atoms with Gasteiger partial charge in [0.05, 0.1) is 6.10 Å². The molecule has 1 saturated carbocycles. The Labute approximate surface area is 69.3 Å². The molecule has 0 spiro atoms. The lowest BCUT2D eigenvalue weighted by Gasteiger charge is -2.25. The first-order valence-electron chi connectivity index (χ1n) is 4.69. The number of hydrogen-bond donors (Lipinski definition) is 1. The molecule has 0 amide bonds. The lowest BCUT2D eigenvalue weighted by Crippen LogP contribution is -2.22. The number of ether oxygens (including phenoxy) is 1. The highest BCUT2D eigenvalue weighted by atomic mass is 16.5. The van der Waals surface area contributed by atoms with Crippen LogP contribution in [0.15, 0.2) is 0 Å². The summed E-state index contributed by atoms with van der Waals surface area (Å²) >= 11 is 0. The topological polar surface area (TPSA) is 21.3 Å². The van der Waals surface area contributed by atoms with Crippen molar-refractivity contribution in [1.82, 2.24) is 5.32 Å². The molecule has 0 atom stereocenters. The van der Waals surface area contributed by atoms with Crippen molar-refractivity contribution in [2.75, 3.05) is 20.2 Å². The van der Waals surface area contributed by atoms with E-state index in [-0.39, 0.29) is 0 Å². The van der Waals surface area contributed by atoms with Crippen molar-refractivity contribution in [3.8, 4) is 0 Å². The third-order valence-corrected chi connectivity index (χ3v) is 2.23. The summed E-state index contributed by atoms with van der Waals surface area (Å²) in [6.45, 7) is 2.08. The Balaban J connectivity index is 1.73. The average molecular weight is 157 g/mol. The van der Waals surface area contributed by atoms with Crippen LogP contribution >= 0.6 is 0 Å². The average Bonchev–Trinajstić information content (AvgIpc) is 1.93. The van der Waals surface area contributed by atoms with Gasteiger partial charge in [-0.2, -0.15) is 0 Å². The highest BCUT2D eigenvalue weighted by Crippen LogP contribution is 2.21. The second-order valence-electron chi connectivity index (χ2n) is 3.23. The summed E-state index contributed by atoms with van der Waals surface area (Å²) in [6.07, 6.45) is 7.03. The van der Waals surface area contributed by atoms with Crippen molar-refractivity contribution in [3.05, 3.63) is 0 Å². The van der Waals surface area contributed by atoms with Crippen LogP contribution in [0.4, 0.5) is 0 Å². The molecule has 0 aliphatic heterocycles. The van der Waals surface area contributed by atoms with Crippen molar-refractivity contribution in [1.29, 1.82) is 0 Å². The largest absolute Gasteiger partial charge is 0.378 e. The van der Waals surface area contributed by atoms with E-state index in [4.69, 9.17) is 4.74 Å². The molecule has 1 rings (SSSR count). The van der Waals surface area contributed by atoms with Gasteiger partial charge < -0.3 is 10.1 Å². The fraction of sp³-hybridized carbons (Fsp3) is 1.00. The highest BCUT2D eigenvalue weighted by molar-refractivity contribution is 4.68. The van der Waals surface area contributed by atoms with Gasteiger partial charge in [0.15, 0.2) is 0 Å². The molecule has 1 N–H and O–H groups in total. The van der Waals surface area contributed by atoms with Gasteiger partial charge >= 0.3 is 0 Å². The number of hydrogen-bond acceptors (Lipinski definition) is 2. The van der Waals surface area contributed by atoms with E-state index in [1.54, 1.807) is 0 Å². The van der Waals surface area contributed by atoms with E-state index in [0.717, 1.165) is 13.2 Å². The van der Waals surface area contributed by atoms with Gasteiger partial charge in [0.1, 0.15) is 0 Å². The Hall–Kier alpha value is -0.0800. The molecule has 0 saturated heterocycles. The summed E-state index contributed by atoms with van der Waals surface area (Å²) in [7, 11) is 1.99. The SMILES string of the molecule is CNCCCCOC1CCC1. The molecule has 0 unspecified atom stereocenters. The quantitative estimate of drug-likeness (QED) is 0.591. The maximum atomic E-state index is 5.60. The van der Waals surface area contributed by atoms with Crippen molar-refractivity contribution >= 4 is 0 Å². The van der Waals surface area contributed by atoms with Gasteiger partial charge in [-0.05, 0) is 45.7 Å². The van der Waals surface area contributed by atoms with Crippen LogP contribution < -0.4 is 5.32 Å². The molecule has 0 aromatic carbocycles. The number of unbranched alkanes of at least 4 members (excludes halogenated alkanes) is 1. The summed E-state index contributed by atoms with van der Waals surface area (Å²) in [6, 6.07) is 0. The molecular weight excluding hydrogens is 138 g/mol. The van der Waals surface area contributed by atoms with Crippen LogP contribution in [-0.2, 0) is 4.74 Å². The summed E-state index contributed by atoms with van der Waals surface area (Å²) in [5, 5.41) is 3.13. The minimum absolute atomic E-state index is 0.615. The van der Waals surface area contributed by atoms with E-state index < -0.39 is 0 Å². The van der Waals surface area contributed by atoms with Crippen LogP contribution in [0.3, 0.4) is 0 Å². The lowest BCUT2D eigenvalue weighted by molar-refractivity contribution is 0.000871. The first kappa shape index (κ1) is 9.01. The summed E-state index contributed by atoms with van der Waals surface area (Å²) < 4.78 is 5.60. The third kappa shape index (κ3) is 3.73. The van der Waals surface area contributed by atoms with Crippen LogP contribution in [0.25, 0.3) is 0 Å².